The van der Waals surface area contributed by atoms with E-state index in [1.54, 1.807) is 53.6 Å². The van der Waals surface area contributed by atoms with E-state index in [2.05, 4.69) is 15.4 Å². The number of benzene rings is 2. The van der Waals surface area contributed by atoms with E-state index in [1.165, 1.54) is 14.2 Å². The first kappa shape index (κ1) is 22.8. The summed E-state index contributed by atoms with van der Waals surface area (Å²) in [4.78, 5) is 28.8. The Morgan fingerprint density at radius 2 is 1.85 bits per heavy atom. The standard InChI is InChI=1S/C25H24N4O5/c1-4-29-15-17(14-27-29)28-24(30)11-16-5-7-18(8-6-16)34-22-9-10-26-21-13-23(32-2)20(12-19(21)22)25(31)33-3/h5-10,12-15H,4,11H2,1-3H3,(H,28,30). The molecular weight excluding hydrogens is 436 g/mol. The Bertz CT molecular complexity index is 1330. The lowest BCUT2D eigenvalue weighted by Gasteiger charge is -2.12. The summed E-state index contributed by atoms with van der Waals surface area (Å²) >= 11 is 0. The maximum absolute atomic E-state index is 12.3. The Balaban J connectivity index is 1.50. The third kappa shape index (κ3) is 4.98. The van der Waals surface area contributed by atoms with Crippen LogP contribution in [0.5, 0.6) is 17.2 Å². The van der Waals surface area contributed by atoms with Gasteiger partial charge in [0.15, 0.2) is 0 Å². The van der Waals surface area contributed by atoms with Crippen LogP contribution in [-0.2, 0) is 22.5 Å². The van der Waals surface area contributed by atoms with Crippen LogP contribution in [0.1, 0.15) is 22.8 Å². The second-order valence-electron chi connectivity index (χ2n) is 7.43. The fourth-order valence-corrected chi connectivity index (χ4v) is 3.47. The average Bonchev–Trinajstić information content (AvgIpc) is 3.31. The third-order valence-corrected chi connectivity index (χ3v) is 5.18. The molecule has 4 rings (SSSR count). The molecule has 0 aliphatic rings. The molecule has 0 bridgehead atoms. The molecule has 0 unspecified atom stereocenters. The number of pyridine rings is 1. The molecule has 174 valence electrons. The van der Waals surface area contributed by atoms with Crippen LogP contribution in [0.15, 0.2) is 61.1 Å². The smallest absolute Gasteiger partial charge is 0.341 e. The van der Waals surface area contributed by atoms with Crippen molar-refractivity contribution in [3.05, 3.63) is 72.2 Å². The van der Waals surface area contributed by atoms with E-state index in [0.717, 1.165) is 12.1 Å². The Labute approximate surface area is 196 Å². The van der Waals surface area contributed by atoms with Gasteiger partial charge in [-0.2, -0.15) is 5.10 Å². The normalized spacial score (nSPS) is 10.7. The van der Waals surface area contributed by atoms with E-state index in [4.69, 9.17) is 14.2 Å². The summed E-state index contributed by atoms with van der Waals surface area (Å²) in [6.45, 7) is 2.72. The van der Waals surface area contributed by atoms with Gasteiger partial charge in [-0.05, 0) is 36.8 Å². The Morgan fingerprint density at radius 1 is 1.06 bits per heavy atom. The van der Waals surface area contributed by atoms with Gasteiger partial charge < -0.3 is 19.5 Å². The summed E-state index contributed by atoms with van der Waals surface area (Å²) in [5, 5.41) is 7.62. The van der Waals surface area contributed by atoms with Crippen molar-refractivity contribution in [2.24, 2.45) is 0 Å². The Hall–Kier alpha value is -4.40. The molecule has 0 spiro atoms. The molecule has 0 saturated carbocycles. The number of methoxy groups -OCH3 is 2. The van der Waals surface area contributed by atoms with Crippen LogP contribution in [0.2, 0.25) is 0 Å². The number of ether oxygens (including phenoxy) is 3. The van der Waals surface area contributed by atoms with Crippen LogP contribution >= 0.6 is 0 Å². The highest BCUT2D eigenvalue weighted by Gasteiger charge is 2.17. The maximum Gasteiger partial charge on any atom is 0.341 e. The van der Waals surface area contributed by atoms with Crippen molar-refractivity contribution in [2.45, 2.75) is 19.9 Å². The molecule has 2 aromatic carbocycles. The summed E-state index contributed by atoms with van der Waals surface area (Å²) in [5.74, 6) is 0.827. The molecule has 9 nitrogen and oxygen atoms in total. The van der Waals surface area contributed by atoms with Crippen molar-refractivity contribution in [3.8, 4) is 17.2 Å². The van der Waals surface area contributed by atoms with E-state index in [9.17, 15) is 9.59 Å². The number of carbonyl (C=O) groups excluding carboxylic acids is 2. The summed E-state index contributed by atoms with van der Waals surface area (Å²) in [6, 6.07) is 12.3. The lowest BCUT2D eigenvalue weighted by atomic mass is 10.1. The molecule has 0 atom stereocenters. The van der Waals surface area contributed by atoms with Crippen molar-refractivity contribution in [3.63, 3.8) is 0 Å². The number of aryl methyl sites for hydroxylation is 1. The van der Waals surface area contributed by atoms with E-state index in [0.29, 0.717) is 33.8 Å². The molecule has 0 fully saturated rings. The van der Waals surface area contributed by atoms with Gasteiger partial charge in [-0.1, -0.05) is 12.1 Å². The van der Waals surface area contributed by atoms with Crippen molar-refractivity contribution in [1.29, 1.82) is 0 Å². The molecule has 9 heteroatoms. The predicted octanol–water partition coefficient (Wildman–Crippen LogP) is 4.22. The van der Waals surface area contributed by atoms with Crippen LogP contribution in [0.4, 0.5) is 5.69 Å². The first-order valence-electron chi connectivity index (χ1n) is 10.6. The van der Waals surface area contributed by atoms with Crippen LogP contribution in [-0.4, -0.2) is 40.9 Å². The molecule has 4 aromatic rings. The van der Waals surface area contributed by atoms with Gasteiger partial charge in [0.1, 0.15) is 22.8 Å². The number of anilines is 1. The summed E-state index contributed by atoms with van der Waals surface area (Å²) in [5.41, 5.74) is 2.40. The number of esters is 1. The van der Waals surface area contributed by atoms with Gasteiger partial charge in [-0.15, -0.1) is 0 Å². The molecule has 34 heavy (non-hydrogen) atoms. The average molecular weight is 460 g/mol. The van der Waals surface area contributed by atoms with Gasteiger partial charge in [-0.25, -0.2) is 4.79 Å². The minimum Gasteiger partial charge on any atom is -0.496 e. The van der Waals surface area contributed by atoms with Crippen LogP contribution in [0.3, 0.4) is 0 Å². The fraction of sp³-hybridized carbons (Fsp3) is 0.200. The lowest BCUT2D eigenvalue weighted by molar-refractivity contribution is -0.115. The Morgan fingerprint density at radius 3 is 2.53 bits per heavy atom. The highest BCUT2D eigenvalue weighted by molar-refractivity contribution is 5.99. The summed E-state index contributed by atoms with van der Waals surface area (Å²) in [6.07, 6.45) is 5.25. The molecule has 2 heterocycles. The summed E-state index contributed by atoms with van der Waals surface area (Å²) in [7, 11) is 2.79. The number of hydrogen-bond acceptors (Lipinski definition) is 7. The van der Waals surface area contributed by atoms with Crippen molar-refractivity contribution in [1.82, 2.24) is 14.8 Å². The number of carbonyl (C=O) groups is 2. The van der Waals surface area contributed by atoms with Crippen LogP contribution in [0, 0.1) is 0 Å². The second kappa shape index (κ2) is 10.0. The van der Waals surface area contributed by atoms with Crippen molar-refractivity contribution in [2.75, 3.05) is 19.5 Å². The number of fused-ring (bicyclic) bond motifs is 1. The third-order valence-electron chi connectivity index (χ3n) is 5.18. The first-order valence-corrected chi connectivity index (χ1v) is 10.6. The van der Waals surface area contributed by atoms with Gasteiger partial charge in [0.05, 0.1) is 38.0 Å². The highest BCUT2D eigenvalue weighted by atomic mass is 16.5. The maximum atomic E-state index is 12.3. The molecule has 1 amide bonds. The summed E-state index contributed by atoms with van der Waals surface area (Å²) < 4.78 is 18.0. The van der Waals surface area contributed by atoms with Gasteiger partial charge in [0.2, 0.25) is 5.91 Å². The fourth-order valence-electron chi connectivity index (χ4n) is 3.47. The molecule has 0 aliphatic heterocycles. The number of hydrogen-bond donors (Lipinski definition) is 1. The quantitative estimate of drug-likeness (QED) is 0.393. The number of nitrogens with zero attached hydrogens (tertiary/aromatic N) is 3. The Kier molecular flexibility index (Phi) is 6.72. The first-order chi connectivity index (χ1) is 16.5. The zero-order valence-electron chi connectivity index (χ0n) is 19.1. The molecule has 0 aliphatic carbocycles. The number of amides is 1. The van der Waals surface area contributed by atoms with Crippen LogP contribution in [0.25, 0.3) is 10.9 Å². The van der Waals surface area contributed by atoms with Gasteiger partial charge in [0.25, 0.3) is 0 Å². The minimum absolute atomic E-state index is 0.131. The number of rotatable bonds is 8. The topological polar surface area (TPSA) is 105 Å². The van der Waals surface area contributed by atoms with E-state index >= 15 is 0 Å². The zero-order valence-corrected chi connectivity index (χ0v) is 19.1. The van der Waals surface area contributed by atoms with E-state index in [1.807, 2.05) is 19.1 Å². The predicted molar refractivity (Wildman–Crippen MR) is 126 cm³/mol. The SMILES string of the molecule is CCn1cc(NC(=O)Cc2ccc(Oc3ccnc4cc(OC)c(C(=O)OC)cc34)cc2)cn1. The van der Waals surface area contributed by atoms with E-state index < -0.39 is 5.97 Å². The van der Waals surface area contributed by atoms with Crippen molar-refractivity contribution < 1.29 is 23.8 Å². The lowest BCUT2D eigenvalue weighted by Crippen LogP contribution is -2.13. The van der Waals surface area contributed by atoms with E-state index in [-0.39, 0.29) is 17.9 Å². The minimum atomic E-state index is -0.516. The number of aromatic nitrogens is 3. The van der Waals surface area contributed by atoms with Crippen LogP contribution < -0.4 is 14.8 Å². The zero-order chi connectivity index (χ0) is 24.1. The molecular formula is C25H24N4O5. The molecule has 0 saturated heterocycles. The van der Waals surface area contributed by atoms with Gasteiger partial charge in [-0.3, -0.25) is 14.5 Å². The van der Waals surface area contributed by atoms with Gasteiger partial charge >= 0.3 is 5.97 Å². The molecule has 1 N–H and O–H groups in total. The monoisotopic (exact) mass is 460 g/mol. The number of nitrogens with one attached hydrogen (secondary N) is 1. The van der Waals surface area contributed by atoms with Crippen molar-refractivity contribution >= 4 is 28.5 Å². The van der Waals surface area contributed by atoms with Gasteiger partial charge in [0, 0.05) is 30.4 Å². The molecule has 0 radical (unpaired) electrons. The molecule has 2 aromatic heterocycles. The largest absolute Gasteiger partial charge is 0.496 e. The highest BCUT2D eigenvalue weighted by Crippen LogP contribution is 2.33. The second-order valence-corrected chi connectivity index (χ2v) is 7.43.